The van der Waals surface area contributed by atoms with Gasteiger partial charge in [-0.2, -0.15) is 0 Å². The van der Waals surface area contributed by atoms with Crippen LogP contribution in [0.3, 0.4) is 0 Å². The second-order valence-electron chi connectivity index (χ2n) is 4.97. The summed E-state index contributed by atoms with van der Waals surface area (Å²) < 4.78 is 5.21. The van der Waals surface area contributed by atoms with E-state index < -0.39 is 11.9 Å². The molecule has 1 rings (SSSR count). The molecule has 1 aromatic carbocycles. The summed E-state index contributed by atoms with van der Waals surface area (Å²) >= 11 is 17.5. The van der Waals surface area contributed by atoms with Crippen molar-refractivity contribution in [3.05, 3.63) is 27.2 Å². The fraction of sp³-hybridized carbons (Fsp3) is 0.429. The number of hydrogen-bond acceptors (Lipinski definition) is 3. The highest BCUT2D eigenvalue weighted by Crippen LogP contribution is 2.33. The first kappa shape index (κ1) is 18.9. The van der Waals surface area contributed by atoms with E-state index in [1.165, 1.54) is 12.1 Å². The van der Waals surface area contributed by atoms with E-state index in [-0.39, 0.29) is 27.4 Å². The second-order valence-corrected chi connectivity index (χ2v) is 6.19. The number of carbonyl (C=O) groups is 2. The third-order valence-electron chi connectivity index (χ3n) is 2.59. The van der Waals surface area contributed by atoms with E-state index >= 15 is 0 Å². The Balaban J connectivity index is 2.40. The summed E-state index contributed by atoms with van der Waals surface area (Å²) in [4.78, 5) is 23.0. The maximum Gasteiger partial charge on any atom is 0.321 e. The van der Waals surface area contributed by atoms with Gasteiger partial charge in [-0.25, -0.2) is 4.79 Å². The normalized spacial score (nSPS) is 10.5. The Morgan fingerprint density at radius 3 is 2.41 bits per heavy atom. The van der Waals surface area contributed by atoms with Gasteiger partial charge >= 0.3 is 6.03 Å². The van der Waals surface area contributed by atoms with Crippen molar-refractivity contribution in [3.8, 4) is 5.75 Å². The van der Waals surface area contributed by atoms with Crippen LogP contribution in [0.1, 0.15) is 20.3 Å². The molecule has 0 atom stereocenters. The first-order valence-electron chi connectivity index (χ1n) is 6.64. The molecule has 1 aromatic rings. The molecule has 22 heavy (non-hydrogen) atoms. The van der Waals surface area contributed by atoms with Gasteiger partial charge in [0.05, 0.1) is 15.1 Å². The quantitative estimate of drug-likeness (QED) is 0.749. The maximum absolute atomic E-state index is 11.6. The van der Waals surface area contributed by atoms with E-state index in [0.29, 0.717) is 12.5 Å². The van der Waals surface area contributed by atoms with E-state index in [9.17, 15) is 9.59 Å². The standard InChI is InChI=1S/C14H17Cl3N2O3/c1-8(2)3-4-18-14(21)19-13(20)7-22-12-6-10(16)9(15)5-11(12)17/h5-6,8H,3-4,7H2,1-2H3,(H2,18,19,20,21). The van der Waals surface area contributed by atoms with Gasteiger partial charge in [-0.15, -0.1) is 0 Å². The molecule has 0 saturated heterocycles. The minimum absolute atomic E-state index is 0.214. The molecular weight excluding hydrogens is 351 g/mol. The molecule has 0 aliphatic rings. The summed E-state index contributed by atoms with van der Waals surface area (Å²) in [5.74, 6) is 0.0896. The first-order chi connectivity index (χ1) is 10.3. The van der Waals surface area contributed by atoms with Crippen molar-refractivity contribution >= 4 is 46.7 Å². The molecule has 0 radical (unpaired) electrons. The molecule has 0 spiro atoms. The molecule has 2 N–H and O–H groups in total. The van der Waals surface area contributed by atoms with Crippen LogP contribution in [0.5, 0.6) is 5.75 Å². The van der Waals surface area contributed by atoms with E-state index in [1.54, 1.807) is 0 Å². The van der Waals surface area contributed by atoms with Gasteiger partial charge in [-0.05, 0) is 18.4 Å². The van der Waals surface area contributed by atoms with Gasteiger partial charge in [0, 0.05) is 12.6 Å². The zero-order valence-corrected chi connectivity index (χ0v) is 14.5. The first-order valence-corrected chi connectivity index (χ1v) is 7.78. The van der Waals surface area contributed by atoms with Gasteiger partial charge in [-0.1, -0.05) is 48.7 Å². The van der Waals surface area contributed by atoms with Crippen LogP contribution in [-0.4, -0.2) is 25.1 Å². The van der Waals surface area contributed by atoms with Crippen LogP contribution in [0.2, 0.25) is 15.1 Å². The van der Waals surface area contributed by atoms with Crippen LogP contribution >= 0.6 is 34.8 Å². The Kier molecular flexibility index (Phi) is 7.79. The number of halogens is 3. The fourth-order valence-electron chi connectivity index (χ4n) is 1.44. The van der Waals surface area contributed by atoms with Crippen molar-refractivity contribution < 1.29 is 14.3 Å². The SMILES string of the molecule is CC(C)CCNC(=O)NC(=O)COc1cc(Cl)c(Cl)cc1Cl. The van der Waals surface area contributed by atoms with Gasteiger partial charge in [0.25, 0.3) is 5.91 Å². The fourth-order valence-corrected chi connectivity index (χ4v) is 2.03. The molecule has 0 unspecified atom stereocenters. The molecule has 122 valence electrons. The molecule has 8 heteroatoms. The number of hydrogen-bond donors (Lipinski definition) is 2. The number of rotatable bonds is 6. The Morgan fingerprint density at radius 1 is 1.14 bits per heavy atom. The number of urea groups is 1. The highest BCUT2D eigenvalue weighted by Gasteiger charge is 2.11. The third kappa shape index (κ3) is 6.73. The molecule has 0 saturated carbocycles. The third-order valence-corrected chi connectivity index (χ3v) is 3.61. The van der Waals surface area contributed by atoms with Crippen molar-refractivity contribution in [2.24, 2.45) is 5.92 Å². The van der Waals surface area contributed by atoms with Crippen LogP contribution in [0, 0.1) is 5.92 Å². The predicted octanol–water partition coefficient (Wildman–Crippen LogP) is 3.90. The Bertz CT molecular complexity index is 550. The number of carbonyl (C=O) groups excluding carboxylic acids is 2. The number of imide groups is 1. The smallest absolute Gasteiger partial charge is 0.321 e. The highest BCUT2D eigenvalue weighted by molar-refractivity contribution is 6.43. The lowest BCUT2D eigenvalue weighted by Crippen LogP contribution is -2.42. The van der Waals surface area contributed by atoms with Gasteiger partial charge < -0.3 is 10.1 Å². The van der Waals surface area contributed by atoms with Gasteiger partial charge in [0.15, 0.2) is 6.61 Å². The number of nitrogens with one attached hydrogen (secondary N) is 2. The predicted molar refractivity (Wildman–Crippen MR) is 88.0 cm³/mol. The summed E-state index contributed by atoms with van der Waals surface area (Å²) in [6.45, 7) is 4.21. The van der Waals surface area contributed by atoms with Crippen LogP contribution in [-0.2, 0) is 4.79 Å². The lowest BCUT2D eigenvalue weighted by molar-refractivity contribution is -0.122. The van der Waals surface area contributed by atoms with E-state index in [1.807, 2.05) is 13.8 Å². The van der Waals surface area contributed by atoms with Crippen LogP contribution in [0.25, 0.3) is 0 Å². The van der Waals surface area contributed by atoms with Crippen molar-refractivity contribution in [2.75, 3.05) is 13.2 Å². The van der Waals surface area contributed by atoms with Crippen molar-refractivity contribution in [3.63, 3.8) is 0 Å². The van der Waals surface area contributed by atoms with Gasteiger partial charge in [0.2, 0.25) is 0 Å². The van der Waals surface area contributed by atoms with Crippen molar-refractivity contribution in [2.45, 2.75) is 20.3 Å². The largest absolute Gasteiger partial charge is 0.482 e. The summed E-state index contributed by atoms with van der Waals surface area (Å²) in [6.07, 6.45) is 0.830. The molecule has 0 aromatic heterocycles. The van der Waals surface area contributed by atoms with Crippen LogP contribution < -0.4 is 15.4 Å². The minimum atomic E-state index is -0.593. The highest BCUT2D eigenvalue weighted by atomic mass is 35.5. The van der Waals surface area contributed by atoms with E-state index in [2.05, 4.69) is 10.6 Å². The Morgan fingerprint density at radius 2 is 1.77 bits per heavy atom. The number of amides is 3. The maximum atomic E-state index is 11.6. The number of benzene rings is 1. The monoisotopic (exact) mass is 366 g/mol. The van der Waals surface area contributed by atoms with Crippen LogP contribution in [0.15, 0.2) is 12.1 Å². The van der Waals surface area contributed by atoms with Crippen molar-refractivity contribution in [1.29, 1.82) is 0 Å². The number of ether oxygens (including phenoxy) is 1. The second kappa shape index (κ2) is 9.08. The molecule has 5 nitrogen and oxygen atoms in total. The Labute approximate surface area is 144 Å². The van der Waals surface area contributed by atoms with E-state index in [0.717, 1.165) is 6.42 Å². The topological polar surface area (TPSA) is 67.4 Å². The molecule has 0 fully saturated rings. The summed E-state index contributed by atoms with van der Waals surface area (Å²) in [6, 6.07) is 2.26. The van der Waals surface area contributed by atoms with Crippen molar-refractivity contribution in [1.82, 2.24) is 10.6 Å². The molecular formula is C14H17Cl3N2O3. The van der Waals surface area contributed by atoms with Gasteiger partial charge in [-0.3, -0.25) is 10.1 Å². The summed E-state index contributed by atoms with van der Waals surface area (Å²) in [7, 11) is 0. The molecule has 0 aliphatic carbocycles. The summed E-state index contributed by atoms with van der Waals surface area (Å²) in [5.41, 5.74) is 0. The average molecular weight is 368 g/mol. The molecule has 3 amide bonds. The zero-order chi connectivity index (χ0) is 16.7. The van der Waals surface area contributed by atoms with E-state index in [4.69, 9.17) is 39.5 Å². The van der Waals surface area contributed by atoms with Crippen LogP contribution in [0.4, 0.5) is 4.79 Å². The Hall–Kier alpha value is -1.17. The average Bonchev–Trinajstić information content (AvgIpc) is 2.41. The lowest BCUT2D eigenvalue weighted by Gasteiger charge is -2.10. The molecule has 0 aliphatic heterocycles. The molecule has 0 heterocycles. The minimum Gasteiger partial charge on any atom is -0.482 e. The summed E-state index contributed by atoms with van der Waals surface area (Å²) in [5, 5.41) is 5.50. The lowest BCUT2D eigenvalue weighted by atomic mass is 10.1. The zero-order valence-electron chi connectivity index (χ0n) is 12.2. The van der Waals surface area contributed by atoms with Gasteiger partial charge in [0.1, 0.15) is 5.75 Å². The molecule has 0 bridgehead atoms.